The number of hydrogen-bond acceptors (Lipinski definition) is 8. The molecule has 0 aliphatic carbocycles. The van der Waals surface area contributed by atoms with E-state index < -0.39 is 49.5 Å². The van der Waals surface area contributed by atoms with Crippen LogP contribution in [0, 0.1) is 0 Å². The average Bonchev–Trinajstić information content (AvgIpc) is 2.36. The van der Waals surface area contributed by atoms with Crippen molar-refractivity contribution in [2.75, 3.05) is 13.2 Å². The second kappa shape index (κ2) is 64.1. The summed E-state index contributed by atoms with van der Waals surface area (Å²) in [5.74, 6) is -0.195. The predicted molar refractivity (Wildman–Crippen MR) is 368 cm³/mol. The summed E-state index contributed by atoms with van der Waals surface area (Å²) >= 11 is 0. The van der Waals surface area contributed by atoms with Gasteiger partial charge in [0.25, 0.3) is 0 Å². The number of amides is 1. The molecule has 9 nitrogen and oxygen atoms in total. The first-order chi connectivity index (χ1) is 42.3. The summed E-state index contributed by atoms with van der Waals surface area (Å²) in [7, 11) is 0. The zero-order chi connectivity index (χ0) is 62.1. The zero-order valence-corrected chi connectivity index (χ0v) is 54.8. The van der Waals surface area contributed by atoms with Crippen LogP contribution in [0.5, 0.6) is 0 Å². The van der Waals surface area contributed by atoms with E-state index in [9.17, 15) is 30.3 Å². The molecule has 0 aromatic rings. The predicted octanol–water partition coefficient (Wildman–Crippen LogP) is 19.4. The Labute approximate surface area is 527 Å². The van der Waals surface area contributed by atoms with Crippen molar-refractivity contribution < 1.29 is 39.8 Å². The van der Waals surface area contributed by atoms with Crippen molar-refractivity contribution in [3.8, 4) is 0 Å². The van der Waals surface area contributed by atoms with Crippen LogP contribution in [-0.4, -0.2) is 87.5 Å². The Bertz CT molecular complexity index is 1870. The monoisotopic (exact) mass is 1200 g/mol. The molecule has 1 aliphatic heterocycles. The molecule has 0 saturated carbocycles. The summed E-state index contributed by atoms with van der Waals surface area (Å²) < 4.78 is 11.3. The SMILES string of the molecule is CC/C=C\C/C=C\C/C=C\C/C=C\C/C=C\C/C=C\C/C=C\C/C=C\C/C=C\C/C=C\CCCCCCCCCCCCC(=O)NC(COC1OC(CO)C(O)C(O)C1O)C(O)/C=C/CC/C=C/CCCCCCCCCCCCCCCCCC. The van der Waals surface area contributed by atoms with E-state index in [4.69, 9.17) is 9.47 Å². The zero-order valence-electron chi connectivity index (χ0n) is 54.8. The van der Waals surface area contributed by atoms with Gasteiger partial charge in [-0.15, -0.1) is 0 Å². The van der Waals surface area contributed by atoms with E-state index in [-0.39, 0.29) is 12.5 Å². The van der Waals surface area contributed by atoms with E-state index in [0.29, 0.717) is 6.42 Å². The van der Waals surface area contributed by atoms with Crippen LogP contribution < -0.4 is 5.32 Å². The first-order valence-electron chi connectivity index (χ1n) is 35.1. The van der Waals surface area contributed by atoms with Crippen molar-refractivity contribution in [1.29, 1.82) is 0 Å². The Balaban J connectivity index is 2.16. The van der Waals surface area contributed by atoms with Gasteiger partial charge in [0.15, 0.2) is 6.29 Å². The normalized spacial score (nSPS) is 19.0. The fraction of sp³-hybridized carbons (Fsp3) is 0.675. The van der Waals surface area contributed by atoms with Crippen LogP contribution in [0.25, 0.3) is 0 Å². The summed E-state index contributed by atoms with van der Waals surface area (Å²) in [6, 6.07) is -0.835. The second-order valence-corrected chi connectivity index (χ2v) is 23.6. The number of ether oxygens (including phenoxy) is 2. The molecule has 1 rings (SSSR count). The molecule has 0 aromatic carbocycles. The number of nitrogens with one attached hydrogen (secondary N) is 1. The Morgan fingerprint density at radius 3 is 1.12 bits per heavy atom. The van der Waals surface area contributed by atoms with Gasteiger partial charge in [0, 0.05) is 6.42 Å². The summed E-state index contributed by atoms with van der Waals surface area (Å²) in [5, 5.41) is 54.7. The molecule has 0 spiro atoms. The average molecular weight is 1200 g/mol. The maximum atomic E-state index is 13.1. The molecule has 0 bridgehead atoms. The van der Waals surface area contributed by atoms with Crippen LogP contribution in [-0.2, 0) is 14.3 Å². The molecular weight excluding hydrogens is 1070 g/mol. The highest BCUT2D eigenvalue weighted by Gasteiger charge is 2.44. The van der Waals surface area contributed by atoms with Crippen LogP contribution >= 0.6 is 0 Å². The van der Waals surface area contributed by atoms with Crippen LogP contribution in [0.2, 0.25) is 0 Å². The molecule has 1 heterocycles. The minimum Gasteiger partial charge on any atom is -0.394 e. The van der Waals surface area contributed by atoms with Crippen molar-refractivity contribution in [2.45, 2.75) is 320 Å². The van der Waals surface area contributed by atoms with Gasteiger partial charge >= 0.3 is 0 Å². The minimum absolute atomic E-state index is 0.195. The molecule has 9 heteroatoms. The highest BCUT2D eigenvalue weighted by atomic mass is 16.7. The van der Waals surface area contributed by atoms with Crippen LogP contribution in [0.3, 0.4) is 0 Å². The van der Waals surface area contributed by atoms with Crippen LogP contribution in [0.4, 0.5) is 0 Å². The summed E-state index contributed by atoms with van der Waals surface area (Å²) in [4.78, 5) is 13.1. The topological polar surface area (TPSA) is 149 Å². The Hall–Kier alpha value is -3.93. The highest BCUT2D eigenvalue weighted by Crippen LogP contribution is 2.23. The van der Waals surface area contributed by atoms with Gasteiger partial charge in [0.2, 0.25) is 5.91 Å². The van der Waals surface area contributed by atoms with Crippen LogP contribution in [0.1, 0.15) is 277 Å². The molecule has 7 unspecified atom stereocenters. The lowest BCUT2D eigenvalue weighted by Gasteiger charge is -2.40. The lowest BCUT2D eigenvalue weighted by Crippen LogP contribution is -2.60. The fourth-order valence-electron chi connectivity index (χ4n) is 10.2. The van der Waals surface area contributed by atoms with Gasteiger partial charge < -0.3 is 40.3 Å². The lowest BCUT2D eigenvalue weighted by atomic mass is 9.99. The van der Waals surface area contributed by atoms with Crippen molar-refractivity contribution in [2.24, 2.45) is 0 Å². The summed E-state index contributed by atoms with van der Waals surface area (Å²) in [6.07, 6.45) is 92.3. The molecule has 1 aliphatic rings. The van der Waals surface area contributed by atoms with Gasteiger partial charge in [-0.05, 0) is 109 Å². The quantitative estimate of drug-likeness (QED) is 0.0261. The molecule has 7 atom stereocenters. The number of hydrogen-bond donors (Lipinski definition) is 6. The molecular formula is C77H129NO8. The molecule has 86 heavy (non-hydrogen) atoms. The third-order valence-corrected chi connectivity index (χ3v) is 15.6. The molecule has 6 N–H and O–H groups in total. The van der Waals surface area contributed by atoms with Crippen LogP contribution in [0.15, 0.2) is 146 Å². The van der Waals surface area contributed by atoms with Crippen molar-refractivity contribution in [3.05, 3.63) is 146 Å². The van der Waals surface area contributed by atoms with E-state index in [2.05, 4.69) is 153 Å². The largest absolute Gasteiger partial charge is 0.394 e. The maximum absolute atomic E-state index is 13.1. The van der Waals surface area contributed by atoms with Gasteiger partial charge in [-0.25, -0.2) is 0 Å². The van der Waals surface area contributed by atoms with E-state index in [0.717, 1.165) is 116 Å². The van der Waals surface area contributed by atoms with Gasteiger partial charge in [0.1, 0.15) is 24.4 Å². The van der Waals surface area contributed by atoms with E-state index in [1.807, 2.05) is 6.08 Å². The Morgan fingerprint density at radius 1 is 0.407 bits per heavy atom. The molecule has 1 fully saturated rings. The molecule has 1 saturated heterocycles. The van der Waals surface area contributed by atoms with E-state index >= 15 is 0 Å². The second-order valence-electron chi connectivity index (χ2n) is 23.6. The number of aliphatic hydroxyl groups is 5. The summed E-state index contributed by atoms with van der Waals surface area (Å²) in [5.41, 5.74) is 0. The Kier molecular flexibility index (Phi) is 59.7. The highest BCUT2D eigenvalue weighted by molar-refractivity contribution is 5.76. The lowest BCUT2D eigenvalue weighted by molar-refractivity contribution is -0.302. The number of carbonyl (C=O) groups excluding carboxylic acids is 1. The van der Waals surface area contributed by atoms with E-state index in [1.54, 1.807) is 6.08 Å². The maximum Gasteiger partial charge on any atom is 0.220 e. The smallest absolute Gasteiger partial charge is 0.220 e. The Morgan fingerprint density at radius 2 is 0.733 bits per heavy atom. The molecule has 1 amide bonds. The number of rotatable bonds is 59. The molecule has 490 valence electrons. The van der Waals surface area contributed by atoms with Gasteiger partial charge in [0.05, 0.1) is 25.4 Å². The van der Waals surface area contributed by atoms with E-state index in [1.165, 1.54) is 141 Å². The first kappa shape index (κ1) is 80.1. The summed E-state index contributed by atoms with van der Waals surface area (Å²) in [6.45, 7) is 3.66. The number of unbranched alkanes of at least 4 members (excludes halogenated alkanes) is 27. The first-order valence-corrected chi connectivity index (χ1v) is 35.1. The van der Waals surface area contributed by atoms with Crippen molar-refractivity contribution in [3.63, 3.8) is 0 Å². The molecule has 0 aromatic heterocycles. The third-order valence-electron chi connectivity index (χ3n) is 15.6. The number of aliphatic hydroxyl groups excluding tert-OH is 5. The minimum atomic E-state index is -1.58. The molecule has 0 radical (unpaired) electrons. The third kappa shape index (κ3) is 52.1. The number of allylic oxidation sites excluding steroid dienone is 23. The van der Waals surface area contributed by atoms with Gasteiger partial charge in [-0.2, -0.15) is 0 Å². The van der Waals surface area contributed by atoms with Crippen molar-refractivity contribution >= 4 is 5.91 Å². The van der Waals surface area contributed by atoms with Gasteiger partial charge in [-0.3, -0.25) is 4.79 Å². The number of carbonyl (C=O) groups is 1. The standard InChI is InChI=1S/C77H129NO8/c1-3-5-7-9-11-13-15-17-19-21-23-25-27-28-29-30-31-32-33-34-35-36-37-38-39-40-41-42-43-44-45-47-49-51-53-55-57-59-61-63-65-67-73(81)78-70(69-85-77-76(84)75(83)74(82)72(68-79)86-77)71(80)66-64-62-60-58-56-54-52-50-48-46-26-24-22-20-18-16-14-12-10-8-6-4-2/h5,7,11,13,17,19,23,25,28-29,31-32,34-35,37-38,40-41,43-44,56,58,64,66,70-72,74-77,79-80,82-84H,3-4,6,8-10,12,14-16,18,20-22,24,26-27,30,33,36,39,42,45-55,57,59-63,65,67-69H2,1-2H3,(H,78,81)/b7-5-,13-11-,19-17-,25-23-,29-28-,32-31-,35-34-,38-37-,41-40-,44-43-,58-56+,66-64+. The van der Waals surface area contributed by atoms with Gasteiger partial charge in [-0.1, -0.05) is 307 Å². The fourth-order valence-corrected chi connectivity index (χ4v) is 10.2. The van der Waals surface area contributed by atoms with Crippen molar-refractivity contribution in [1.82, 2.24) is 5.32 Å².